The number of hydrogen-bond acceptors (Lipinski definition) is 8. The number of nitro groups is 1. The quantitative estimate of drug-likeness (QED) is 0.372. The third-order valence-electron chi connectivity index (χ3n) is 4.78. The minimum absolute atomic E-state index is 0.0680. The summed E-state index contributed by atoms with van der Waals surface area (Å²) in [4.78, 5) is 17.7. The van der Waals surface area contributed by atoms with E-state index in [-0.39, 0.29) is 23.7 Å². The number of ether oxygens (including phenoxy) is 1. The lowest BCUT2D eigenvalue weighted by Gasteiger charge is -2.35. The molecule has 11 heteroatoms. The fourth-order valence-corrected chi connectivity index (χ4v) is 4.64. The Bertz CT molecular complexity index is 1030. The summed E-state index contributed by atoms with van der Waals surface area (Å²) < 4.78 is 32.2. The zero-order valence-electron chi connectivity index (χ0n) is 16.6. The molecule has 0 aliphatic carbocycles. The van der Waals surface area contributed by atoms with E-state index in [4.69, 9.17) is 4.74 Å². The summed E-state index contributed by atoms with van der Waals surface area (Å²) in [5.74, 6) is 0.574. The fourth-order valence-electron chi connectivity index (χ4n) is 3.21. The number of piperazine rings is 1. The number of nitrogens with zero attached hydrogens (tertiary/aromatic N) is 4. The molecule has 2 aromatic carbocycles. The molecule has 1 aliphatic heterocycles. The van der Waals surface area contributed by atoms with Crippen LogP contribution in [0.2, 0.25) is 0 Å². The second-order valence-corrected chi connectivity index (χ2v) is 8.43. The van der Waals surface area contributed by atoms with E-state index in [1.54, 1.807) is 24.3 Å². The average molecular weight is 434 g/mol. The van der Waals surface area contributed by atoms with E-state index in [9.17, 15) is 18.5 Å². The Morgan fingerprint density at radius 2 is 1.73 bits per heavy atom. The van der Waals surface area contributed by atoms with E-state index in [0.717, 1.165) is 0 Å². The largest absolute Gasteiger partial charge is 0.497 e. The highest BCUT2D eigenvalue weighted by molar-refractivity contribution is 7.89. The highest BCUT2D eigenvalue weighted by Gasteiger charge is 2.30. The molecule has 3 rings (SSSR count). The van der Waals surface area contributed by atoms with Crippen molar-refractivity contribution in [3.05, 3.63) is 58.1 Å². The van der Waals surface area contributed by atoms with E-state index in [1.165, 1.54) is 42.9 Å². The number of benzene rings is 2. The molecule has 0 amide bonds. The lowest BCUT2D eigenvalue weighted by molar-refractivity contribution is -0.384. The zero-order chi connectivity index (χ0) is 21.7. The van der Waals surface area contributed by atoms with Gasteiger partial charge in [0.25, 0.3) is 5.69 Å². The molecule has 0 unspecified atom stereocenters. The Labute approximate surface area is 174 Å². The molecule has 0 saturated carbocycles. The van der Waals surface area contributed by atoms with Crippen molar-refractivity contribution < 1.29 is 22.9 Å². The lowest BCUT2D eigenvalue weighted by atomic mass is 10.1. The van der Waals surface area contributed by atoms with Crippen LogP contribution in [0, 0.1) is 10.1 Å². The molecule has 1 heterocycles. The molecular formula is C19H22N4O6S. The van der Waals surface area contributed by atoms with Crippen molar-refractivity contribution >= 4 is 27.6 Å². The Morgan fingerprint density at radius 1 is 1.07 bits per heavy atom. The Balaban J connectivity index is 1.76. The van der Waals surface area contributed by atoms with Crippen LogP contribution < -0.4 is 9.64 Å². The summed E-state index contributed by atoms with van der Waals surface area (Å²) in [6.07, 6.45) is 1.39. The SMILES string of the molecule is CO/N=C/c1ccc(N2CCN(S(=O)(=O)c3ccc(OC)cc3)CC2)c([N+](=O)[O-])c1. The maximum absolute atomic E-state index is 12.9. The van der Waals surface area contributed by atoms with Gasteiger partial charge in [-0.05, 0) is 30.3 Å². The molecule has 0 atom stereocenters. The van der Waals surface area contributed by atoms with Crippen molar-refractivity contribution in [2.45, 2.75) is 4.90 Å². The lowest BCUT2D eigenvalue weighted by Crippen LogP contribution is -2.48. The number of sulfonamides is 1. The van der Waals surface area contributed by atoms with Crippen LogP contribution in [0.4, 0.5) is 11.4 Å². The van der Waals surface area contributed by atoms with Gasteiger partial charge in [0.15, 0.2) is 0 Å². The van der Waals surface area contributed by atoms with Crippen LogP contribution in [0.5, 0.6) is 5.75 Å². The molecule has 1 saturated heterocycles. The van der Waals surface area contributed by atoms with Crippen LogP contribution in [0.3, 0.4) is 0 Å². The van der Waals surface area contributed by atoms with Gasteiger partial charge in [0.05, 0.1) is 23.1 Å². The van der Waals surface area contributed by atoms with Gasteiger partial charge in [-0.25, -0.2) is 8.42 Å². The summed E-state index contributed by atoms with van der Waals surface area (Å²) in [6, 6.07) is 11.0. The van der Waals surface area contributed by atoms with Gasteiger partial charge in [0.2, 0.25) is 10.0 Å². The predicted molar refractivity (Wildman–Crippen MR) is 112 cm³/mol. The number of methoxy groups -OCH3 is 1. The zero-order valence-corrected chi connectivity index (χ0v) is 17.4. The first-order valence-electron chi connectivity index (χ1n) is 9.11. The summed E-state index contributed by atoms with van der Waals surface area (Å²) in [6.45, 7) is 1.11. The van der Waals surface area contributed by atoms with E-state index < -0.39 is 14.9 Å². The van der Waals surface area contributed by atoms with Gasteiger partial charge in [-0.2, -0.15) is 4.31 Å². The molecule has 2 aromatic rings. The summed E-state index contributed by atoms with van der Waals surface area (Å²) in [5, 5.41) is 15.2. The van der Waals surface area contributed by atoms with Crippen molar-refractivity contribution in [1.29, 1.82) is 0 Å². The molecule has 0 aromatic heterocycles. The standard InChI is InChI=1S/C19H22N4O6S/c1-28-16-4-6-17(7-5-16)30(26,27)22-11-9-21(10-12-22)18-8-3-15(14-20-29-2)13-19(18)23(24)25/h3-8,13-14H,9-12H2,1-2H3/b20-14+. The Morgan fingerprint density at radius 3 is 2.30 bits per heavy atom. The molecule has 0 radical (unpaired) electrons. The number of hydrogen-bond donors (Lipinski definition) is 0. The Kier molecular flexibility index (Phi) is 6.53. The van der Waals surface area contributed by atoms with Crippen molar-refractivity contribution in [2.24, 2.45) is 5.16 Å². The van der Waals surface area contributed by atoms with E-state index in [1.807, 2.05) is 4.90 Å². The second-order valence-electron chi connectivity index (χ2n) is 6.49. The van der Waals surface area contributed by atoms with Crippen LogP contribution in [0.1, 0.15) is 5.56 Å². The first-order chi connectivity index (χ1) is 14.4. The summed E-state index contributed by atoms with van der Waals surface area (Å²) >= 11 is 0. The first kappa shape index (κ1) is 21.5. The predicted octanol–water partition coefficient (Wildman–Crippen LogP) is 2.09. The topological polar surface area (TPSA) is 115 Å². The van der Waals surface area contributed by atoms with Crippen LogP contribution >= 0.6 is 0 Å². The molecule has 10 nitrogen and oxygen atoms in total. The summed E-state index contributed by atoms with van der Waals surface area (Å²) in [5.41, 5.74) is 0.908. The minimum Gasteiger partial charge on any atom is -0.497 e. The fraction of sp³-hybridized carbons (Fsp3) is 0.316. The third kappa shape index (κ3) is 4.52. The van der Waals surface area contributed by atoms with Crippen LogP contribution in [-0.2, 0) is 14.9 Å². The van der Waals surface area contributed by atoms with Gasteiger partial charge in [-0.1, -0.05) is 11.2 Å². The molecule has 160 valence electrons. The van der Waals surface area contributed by atoms with E-state index in [2.05, 4.69) is 9.99 Å². The average Bonchev–Trinajstić information content (AvgIpc) is 2.77. The first-order valence-corrected chi connectivity index (χ1v) is 10.5. The number of anilines is 1. The smallest absolute Gasteiger partial charge is 0.293 e. The molecule has 1 fully saturated rings. The van der Waals surface area contributed by atoms with Crippen LogP contribution in [0.15, 0.2) is 52.5 Å². The molecule has 1 aliphatic rings. The highest BCUT2D eigenvalue weighted by Crippen LogP contribution is 2.30. The van der Waals surface area contributed by atoms with Gasteiger partial charge < -0.3 is 14.5 Å². The van der Waals surface area contributed by atoms with Gasteiger partial charge in [-0.15, -0.1) is 0 Å². The van der Waals surface area contributed by atoms with Crippen LogP contribution in [-0.4, -0.2) is 64.3 Å². The molecular weight excluding hydrogens is 412 g/mol. The molecule has 0 spiro atoms. The number of rotatable bonds is 7. The van der Waals surface area contributed by atoms with E-state index >= 15 is 0 Å². The monoisotopic (exact) mass is 434 g/mol. The van der Waals surface area contributed by atoms with Gasteiger partial charge >= 0.3 is 0 Å². The highest BCUT2D eigenvalue weighted by atomic mass is 32.2. The maximum atomic E-state index is 12.9. The second kappa shape index (κ2) is 9.09. The molecule has 30 heavy (non-hydrogen) atoms. The minimum atomic E-state index is -3.65. The van der Waals surface area contributed by atoms with Gasteiger partial charge in [0.1, 0.15) is 18.5 Å². The molecule has 0 bridgehead atoms. The van der Waals surface area contributed by atoms with Gasteiger partial charge in [-0.3, -0.25) is 10.1 Å². The maximum Gasteiger partial charge on any atom is 0.293 e. The molecule has 0 N–H and O–H groups in total. The van der Waals surface area contributed by atoms with E-state index in [0.29, 0.717) is 30.1 Å². The van der Waals surface area contributed by atoms with Crippen LogP contribution in [0.25, 0.3) is 0 Å². The van der Waals surface area contributed by atoms with Crippen molar-refractivity contribution in [3.8, 4) is 5.75 Å². The number of oxime groups is 1. The number of nitro benzene ring substituents is 1. The Hall–Kier alpha value is -3.18. The third-order valence-corrected chi connectivity index (χ3v) is 6.69. The van der Waals surface area contributed by atoms with Crippen molar-refractivity contribution in [3.63, 3.8) is 0 Å². The summed E-state index contributed by atoms with van der Waals surface area (Å²) in [7, 11) is -0.750. The van der Waals surface area contributed by atoms with Gasteiger partial charge in [0, 0.05) is 37.8 Å². The van der Waals surface area contributed by atoms with Crippen molar-refractivity contribution in [1.82, 2.24) is 4.31 Å². The normalized spacial score (nSPS) is 15.3. The van der Waals surface area contributed by atoms with Crippen molar-refractivity contribution in [2.75, 3.05) is 45.3 Å².